The number of ether oxygens (including phenoxy) is 1. The summed E-state index contributed by atoms with van der Waals surface area (Å²) in [5.41, 5.74) is 4.94. The van der Waals surface area contributed by atoms with Gasteiger partial charge >= 0.3 is 0 Å². The van der Waals surface area contributed by atoms with Gasteiger partial charge in [0, 0.05) is 29.7 Å². The van der Waals surface area contributed by atoms with E-state index in [9.17, 15) is 0 Å². The summed E-state index contributed by atoms with van der Waals surface area (Å²) in [4.78, 5) is 0. The van der Waals surface area contributed by atoms with E-state index in [0.717, 1.165) is 5.75 Å². The predicted octanol–water partition coefficient (Wildman–Crippen LogP) is 4.37. The molecule has 2 nitrogen and oxygen atoms in total. The summed E-state index contributed by atoms with van der Waals surface area (Å²) in [5.74, 6) is 0.955. The molecule has 0 fully saturated rings. The quantitative estimate of drug-likeness (QED) is 0.685. The van der Waals surface area contributed by atoms with E-state index < -0.39 is 0 Å². The van der Waals surface area contributed by atoms with Crippen molar-refractivity contribution in [1.82, 2.24) is 4.57 Å². The van der Waals surface area contributed by atoms with Crippen LogP contribution in [0.1, 0.15) is 16.7 Å². The molecule has 0 amide bonds. The molecule has 0 aliphatic carbocycles. The fraction of sp³-hybridized carbons (Fsp3) is 0.222. The van der Waals surface area contributed by atoms with Gasteiger partial charge in [0.15, 0.2) is 0 Å². The van der Waals surface area contributed by atoms with Gasteiger partial charge in [-0.05, 0) is 37.1 Å². The molecule has 0 radical (unpaired) electrons. The van der Waals surface area contributed by atoms with Crippen molar-refractivity contribution in [1.29, 1.82) is 0 Å². The van der Waals surface area contributed by atoms with Crippen LogP contribution in [0.25, 0.3) is 10.9 Å². The maximum Gasteiger partial charge on any atom is 0.122 e. The topological polar surface area (TPSA) is 14.2 Å². The summed E-state index contributed by atoms with van der Waals surface area (Å²) < 4.78 is 8.13. The first-order chi connectivity index (χ1) is 9.65. The van der Waals surface area contributed by atoms with Crippen LogP contribution < -0.4 is 4.74 Å². The van der Waals surface area contributed by atoms with Gasteiger partial charge in [0.2, 0.25) is 0 Å². The Morgan fingerprint density at radius 1 is 1.05 bits per heavy atom. The Morgan fingerprint density at radius 3 is 2.65 bits per heavy atom. The number of aromatic nitrogens is 1. The molecule has 0 bridgehead atoms. The van der Waals surface area contributed by atoms with Gasteiger partial charge < -0.3 is 9.30 Å². The molecule has 3 rings (SSSR count). The van der Waals surface area contributed by atoms with Gasteiger partial charge in [-0.15, -0.1) is 0 Å². The average molecular weight is 265 g/mol. The van der Waals surface area contributed by atoms with E-state index in [1.807, 2.05) is 18.2 Å². The second-order valence-electron chi connectivity index (χ2n) is 5.34. The van der Waals surface area contributed by atoms with Gasteiger partial charge in [-0.1, -0.05) is 30.3 Å². The number of fused-ring (bicyclic) bond motifs is 1. The van der Waals surface area contributed by atoms with E-state index in [-0.39, 0.29) is 0 Å². The molecule has 0 aliphatic rings. The Hall–Kier alpha value is -2.22. The second kappa shape index (κ2) is 5.04. The van der Waals surface area contributed by atoms with Crippen LogP contribution in [0.5, 0.6) is 5.75 Å². The molecule has 2 heteroatoms. The first kappa shape index (κ1) is 12.8. The zero-order valence-corrected chi connectivity index (χ0v) is 12.2. The van der Waals surface area contributed by atoms with E-state index in [2.05, 4.69) is 55.9 Å². The molecule has 0 unspecified atom stereocenters. The van der Waals surface area contributed by atoms with E-state index in [4.69, 9.17) is 4.74 Å². The highest BCUT2D eigenvalue weighted by Gasteiger charge is 2.08. The summed E-state index contributed by atoms with van der Waals surface area (Å²) in [6.45, 7) is 4.79. The minimum absolute atomic E-state index is 0.602. The van der Waals surface area contributed by atoms with Crippen LogP contribution in [0.4, 0.5) is 0 Å². The van der Waals surface area contributed by atoms with Crippen LogP contribution in [0, 0.1) is 13.8 Å². The van der Waals surface area contributed by atoms with Gasteiger partial charge in [0.1, 0.15) is 12.4 Å². The highest BCUT2D eigenvalue weighted by Crippen LogP contribution is 2.24. The fourth-order valence-corrected chi connectivity index (χ4v) is 2.57. The van der Waals surface area contributed by atoms with E-state index in [0.29, 0.717) is 6.61 Å². The van der Waals surface area contributed by atoms with Crippen molar-refractivity contribution in [2.75, 3.05) is 0 Å². The monoisotopic (exact) mass is 265 g/mol. The van der Waals surface area contributed by atoms with Gasteiger partial charge in [0.05, 0.1) is 0 Å². The lowest BCUT2D eigenvalue weighted by Crippen LogP contribution is -1.96. The molecular formula is C18H19NO. The van der Waals surface area contributed by atoms with Crippen molar-refractivity contribution >= 4 is 10.9 Å². The number of nitrogens with zero attached hydrogens (tertiary/aromatic N) is 1. The van der Waals surface area contributed by atoms with Gasteiger partial charge in [-0.2, -0.15) is 0 Å². The Kier molecular flexibility index (Phi) is 3.23. The molecule has 0 N–H and O–H groups in total. The summed E-state index contributed by atoms with van der Waals surface area (Å²) in [6, 6.07) is 14.7. The summed E-state index contributed by atoms with van der Waals surface area (Å²) in [7, 11) is 2.08. The normalized spacial score (nSPS) is 10.9. The fourth-order valence-electron chi connectivity index (χ4n) is 2.57. The molecule has 102 valence electrons. The van der Waals surface area contributed by atoms with Gasteiger partial charge in [-0.25, -0.2) is 0 Å². The standard InChI is InChI=1S/C18H19NO/c1-13-8-9-16-15(11-19(3)17(16)10-13)12-20-18-7-5-4-6-14(18)2/h4-11H,12H2,1-3H3. The SMILES string of the molecule is Cc1ccc2c(COc3ccccc3C)cn(C)c2c1. The molecule has 3 aromatic rings. The number of hydrogen-bond donors (Lipinski definition) is 0. The number of aryl methyl sites for hydroxylation is 3. The average Bonchev–Trinajstić information content (AvgIpc) is 2.74. The zero-order valence-electron chi connectivity index (χ0n) is 12.2. The maximum absolute atomic E-state index is 5.96. The number of para-hydroxylation sites is 1. The molecule has 0 saturated heterocycles. The molecule has 2 aromatic carbocycles. The molecule has 1 heterocycles. The van der Waals surface area contributed by atoms with Crippen molar-refractivity contribution in [2.45, 2.75) is 20.5 Å². The number of rotatable bonds is 3. The Bertz CT molecular complexity index is 755. The zero-order chi connectivity index (χ0) is 14.1. The third-order valence-electron chi connectivity index (χ3n) is 3.71. The first-order valence-electron chi connectivity index (χ1n) is 6.88. The predicted molar refractivity (Wildman–Crippen MR) is 83.2 cm³/mol. The molecule has 0 aliphatic heterocycles. The molecule has 1 aromatic heterocycles. The maximum atomic E-state index is 5.96. The largest absolute Gasteiger partial charge is 0.489 e. The minimum Gasteiger partial charge on any atom is -0.489 e. The van der Waals surface area contributed by atoms with Crippen LogP contribution in [0.2, 0.25) is 0 Å². The minimum atomic E-state index is 0.602. The highest BCUT2D eigenvalue weighted by molar-refractivity contribution is 5.84. The Labute approximate surface area is 119 Å². The molecule has 0 atom stereocenters. The van der Waals surface area contributed by atoms with Crippen LogP contribution >= 0.6 is 0 Å². The Balaban J connectivity index is 1.90. The first-order valence-corrected chi connectivity index (χ1v) is 6.88. The highest BCUT2D eigenvalue weighted by atomic mass is 16.5. The Morgan fingerprint density at radius 2 is 1.85 bits per heavy atom. The lowest BCUT2D eigenvalue weighted by molar-refractivity contribution is 0.305. The van der Waals surface area contributed by atoms with Crippen LogP contribution in [0.3, 0.4) is 0 Å². The number of benzene rings is 2. The van der Waals surface area contributed by atoms with Crippen molar-refractivity contribution in [3.05, 3.63) is 65.4 Å². The molecule has 0 saturated carbocycles. The van der Waals surface area contributed by atoms with Crippen molar-refractivity contribution in [3.63, 3.8) is 0 Å². The number of hydrogen-bond acceptors (Lipinski definition) is 1. The van der Waals surface area contributed by atoms with Crippen LogP contribution in [-0.2, 0) is 13.7 Å². The van der Waals surface area contributed by atoms with E-state index in [1.54, 1.807) is 0 Å². The summed E-state index contributed by atoms with van der Waals surface area (Å²) in [6.07, 6.45) is 2.16. The lowest BCUT2D eigenvalue weighted by atomic mass is 10.1. The molecule has 20 heavy (non-hydrogen) atoms. The van der Waals surface area contributed by atoms with Crippen LogP contribution in [-0.4, -0.2) is 4.57 Å². The summed E-state index contributed by atoms with van der Waals surface area (Å²) in [5, 5.41) is 1.27. The van der Waals surface area contributed by atoms with Gasteiger partial charge in [-0.3, -0.25) is 0 Å². The molecular weight excluding hydrogens is 246 g/mol. The van der Waals surface area contributed by atoms with Gasteiger partial charge in [0.25, 0.3) is 0 Å². The summed E-state index contributed by atoms with van der Waals surface area (Å²) >= 11 is 0. The van der Waals surface area contributed by atoms with E-state index in [1.165, 1.54) is 27.6 Å². The van der Waals surface area contributed by atoms with Crippen molar-refractivity contribution in [2.24, 2.45) is 7.05 Å². The third kappa shape index (κ3) is 2.29. The van der Waals surface area contributed by atoms with Crippen LogP contribution in [0.15, 0.2) is 48.7 Å². The smallest absolute Gasteiger partial charge is 0.122 e. The molecule has 0 spiro atoms. The second-order valence-corrected chi connectivity index (χ2v) is 5.34. The third-order valence-corrected chi connectivity index (χ3v) is 3.71. The van der Waals surface area contributed by atoms with Crippen molar-refractivity contribution in [3.8, 4) is 5.75 Å². The van der Waals surface area contributed by atoms with E-state index >= 15 is 0 Å². The lowest BCUT2D eigenvalue weighted by Gasteiger charge is -2.08. The van der Waals surface area contributed by atoms with Crippen molar-refractivity contribution < 1.29 is 4.74 Å².